The molecule has 0 aliphatic carbocycles. The Morgan fingerprint density at radius 3 is 2.10 bits per heavy atom. The number of benzene rings is 2. The van der Waals surface area contributed by atoms with Crippen molar-refractivity contribution in [1.29, 1.82) is 0 Å². The molecule has 0 saturated carbocycles. The Morgan fingerprint density at radius 2 is 1.61 bits per heavy atom. The molecule has 4 rings (SSSR count). The number of amides is 2. The molecule has 2 bridgehead atoms. The number of nitrogens with zero attached hydrogens (tertiary/aromatic N) is 2. The van der Waals surface area contributed by atoms with E-state index in [2.05, 4.69) is 17.3 Å². The average Bonchev–Trinajstić information content (AvgIpc) is 3.24. The summed E-state index contributed by atoms with van der Waals surface area (Å²) in [6.45, 7) is 3.98. The lowest BCUT2D eigenvalue weighted by Crippen LogP contribution is -2.51. The van der Waals surface area contributed by atoms with Crippen LogP contribution in [0.15, 0.2) is 42.5 Å². The van der Waals surface area contributed by atoms with Crippen LogP contribution in [0.5, 0.6) is 0 Å². The summed E-state index contributed by atoms with van der Waals surface area (Å²) in [5.74, 6) is -0.0353. The molecule has 2 aromatic rings. The number of fused-ring (bicyclic) bond motifs is 2. The molecule has 0 spiro atoms. The van der Waals surface area contributed by atoms with Gasteiger partial charge in [0.1, 0.15) is 0 Å². The third kappa shape index (κ3) is 3.65. The molecule has 5 nitrogen and oxygen atoms in total. The van der Waals surface area contributed by atoms with E-state index in [1.54, 1.807) is 19.0 Å². The van der Waals surface area contributed by atoms with Gasteiger partial charge in [-0.05, 0) is 75.4 Å². The maximum atomic E-state index is 13.5. The molecule has 164 valence electrons. The highest BCUT2D eigenvalue weighted by molar-refractivity contribution is 5.97. The molecular weight excluding hydrogens is 386 g/mol. The van der Waals surface area contributed by atoms with Gasteiger partial charge >= 0.3 is 0 Å². The Kier molecular flexibility index (Phi) is 5.65. The molecule has 2 aromatic carbocycles. The first-order valence-corrected chi connectivity index (χ1v) is 11.2. The molecule has 2 fully saturated rings. The van der Waals surface area contributed by atoms with E-state index in [9.17, 15) is 9.59 Å². The van der Waals surface area contributed by atoms with Crippen molar-refractivity contribution in [3.63, 3.8) is 0 Å². The number of carbonyl (C=O) groups excluding carboxylic acids is 2. The van der Waals surface area contributed by atoms with Crippen molar-refractivity contribution in [2.24, 2.45) is 0 Å². The fourth-order valence-corrected chi connectivity index (χ4v) is 5.68. The molecule has 5 heteroatoms. The Labute approximate surface area is 185 Å². The van der Waals surface area contributed by atoms with Crippen molar-refractivity contribution in [1.82, 2.24) is 15.1 Å². The van der Waals surface area contributed by atoms with Crippen molar-refractivity contribution < 1.29 is 9.59 Å². The largest absolute Gasteiger partial charge is 0.345 e. The first kappa shape index (κ1) is 21.6. The van der Waals surface area contributed by atoms with E-state index in [0.717, 1.165) is 35.1 Å². The fraction of sp³-hybridized carbons (Fsp3) is 0.462. The third-order valence-corrected chi connectivity index (χ3v) is 7.49. The average molecular weight is 420 g/mol. The van der Waals surface area contributed by atoms with Crippen LogP contribution in [0.4, 0.5) is 0 Å². The van der Waals surface area contributed by atoms with Crippen molar-refractivity contribution in [3.8, 4) is 0 Å². The molecule has 1 unspecified atom stereocenters. The topological polar surface area (TPSA) is 52.7 Å². The maximum absolute atomic E-state index is 13.5. The van der Waals surface area contributed by atoms with Crippen LogP contribution in [0.25, 0.3) is 0 Å². The van der Waals surface area contributed by atoms with Crippen molar-refractivity contribution in [2.75, 3.05) is 21.1 Å². The van der Waals surface area contributed by atoms with E-state index in [4.69, 9.17) is 0 Å². The molecule has 1 atom stereocenters. The smallest absolute Gasteiger partial charge is 0.253 e. The second kappa shape index (κ2) is 8.12. The van der Waals surface area contributed by atoms with Crippen LogP contribution in [0.3, 0.4) is 0 Å². The highest BCUT2D eigenvalue weighted by Crippen LogP contribution is 2.51. The van der Waals surface area contributed by atoms with Gasteiger partial charge in [0.2, 0.25) is 0 Å². The number of aryl methyl sites for hydroxylation is 2. The molecular formula is C26H33N3O2. The minimum Gasteiger partial charge on any atom is -0.345 e. The summed E-state index contributed by atoms with van der Waals surface area (Å²) in [6.07, 6.45) is 4.49. The van der Waals surface area contributed by atoms with Crippen LogP contribution >= 0.6 is 0 Å². The summed E-state index contributed by atoms with van der Waals surface area (Å²) >= 11 is 0. The van der Waals surface area contributed by atoms with Crippen molar-refractivity contribution in [3.05, 3.63) is 70.3 Å². The molecule has 2 aliphatic rings. The second-order valence-electron chi connectivity index (χ2n) is 9.44. The van der Waals surface area contributed by atoms with Gasteiger partial charge in [-0.25, -0.2) is 0 Å². The SMILES string of the molecule is Cc1cccc(C)c1C(=O)NC(c1ccc(C(=O)N(C)C)cc1)C12CCC(CC1)N2C. The lowest BCUT2D eigenvalue weighted by Gasteiger charge is -2.41. The van der Waals surface area contributed by atoms with Crippen molar-refractivity contribution in [2.45, 2.75) is 57.2 Å². The van der Waals surface area contributed by atoms with Gasteiger partial charge in [0.15, 0.2) is 0 Å². The number of likely N-dealkylation sites (N-methyl/N-ethyl adjacent to an activating group) is 1. The third-order valence-electron chi connectivity index (χ3n) is 7.49. The van der Waals surface area contributed by atoms with E-state index in [1.165, 1.54) is 12.8 Å². The first-order chi connectivity index (χ1) is 14.7. The van der Waals surface area contributed by atoms with Gasteiger partial charge in [0, 0.05) is 36.8 Å². The van der Waals surface area contributed by atoms with E-state index < -0.39 is 0 Å². The summed E-state index contributed by atoms with van der Waals surface area (Å²) in [7, 11) is 5.72. The second-order valence-corrected chi connectivity index (χ2v) is 9.44. The summed E-state index contributed by atoms with van der Waals surface area (Å²) in [5, 5.41) is 3.42. The zero-order valence-corrected chi connectivity index (χ0v) is 19.2. The Hall–Kier alpha value is -2.66. The molecule has 2 amide bonds. The van der Waals surface area contributed by atoms with Crippen molar-refractivity contribution >= 4 is 11.8 Å². The van der Waals surface area contributed by atoms with E-state index >= 15 is 0 Å². The van der Waals surface area contributed by atoms with E-state index in [1.807, 2.05) is 56.3 Å². The summed E-state index contributed by atoms with van der Waals surface area (Å²) in [4.78, 5) is 29.9. The van der Waals surface area contributed by atoms with E-state index in [-0.39, 0.29) is 23.4 Å². The number of rotatable bonds is 5. The van der Waals surface area contributed by atoms with Gasteiger partial charge < -0.3 is 10.2 Å². The molecule has 2 aliphatic heterocycles. The highest BCUT2D eigenvalue weighted by atomic mass is 16.2. The van der Waals surface area contributed by atoms with Crippen LogP contribution in [0.1, 0.15) is 69.1 Å². The zero-order chi connectivity index (χ0) is 22.3. The predicted molar refractivity (Wildman–Crippen MR) is 123 cm³/mol. The molecule has 0 radical (unpaired) electrons. The normalized spacial score (nSPS) is 23.6. The lowest BCUT2D eigenvalue weighted by atomic mass is 9.78. The van der Waals surface area contributed by atoms with Crippen LogP contribution in [-0.4, -0.2) is 54.3 Å². The zero-order valence-electron chi connectivity index (χ0n) is 19.2. The Balaban J connectivity index is 1.71. The molecule has 0 aromatic heterocycles. The Bertz CT molecular complexity index is 968. The van der Waals surface area contributed by atoms with Gasteiger partial charge in [-0.15, -0.1) is 0 Å². The minimum absolute atomic E-state index is 0.0141. The van der Waals surface area contributed by atoms with E-state index in [0.29, 0.717) is 11.6 Å². The monoisotopic (exact) mass is 419 g/mol. The van der Waals surface area contributed by atoms with Crippen LogP contribution in [0.2, 0.25) is 0 Å². The summed E-state index contributed by atoms with van der Waals surface area (Å²) in [5.41, 5.74) is 4.39. The molecule has 1 N–H and O–H groups in total. The lowest BCUT2D eigenvalue weighted by molar-refractivity contribution is 0.0820. The van der Waals surface area contributed by atoms with Gasteiger partial charge in [-0.2, -0.15) is 0 Å². The number of carbonyl (C=O) groups is 2. The van der Waals surface area contributed by atoms with Crippen LogP contribution in [0, 0.1) is 13.8 Å². The van der Waals surface area contributed by atoms with Gasteiger partial charge in [0.05, 0.1) is 6.04 Å². The summed E-state index contributed by atoms with van der Waals surface area (Å²) in [6, 6.07) is 14.2. The van der Waals surface area contributed by atoms with Gasteiger partial charge in [-0.1, -0.05) is 30.3 Å². The maximum Gasteiger partial charge on any atom is 0.253 e. The van der Waals surface area contributed by atoms with Gasteiger partial charge in [-0.3, -0.25) is 14.5 Å². The van der Waals surface area contributed by atoms with Crippen LogP contribution in [-0.2, 0) is 0 Å². The number of hydrogen-bond acceptors (Lipinski definition) is 3. The molecule has 2 saturated heterocycles. The predicted octanol–water partition coefficient (Wildman–Crippen LogP) is 4.10. The number of hydrogen-bond donors (Lipinski definition) is 1. The first-order valence-electron chi connectivity index (χ1n) is 11.2. The Morgan fingerprint density at radius 1 is 1.03 bits per heavy atom. The highest BCUT2D eigenvalue weighted by Gasteiger charge is 2.54. The molecule has 2 heterocycles. The standard InChI is InChI=1S/C26H33N3O2/c1-17-7-6-8-18(2)22(17)24(30)27-23(26-15-13-21(14-16-26)29(26)5)19-9-11-20(12-10-19)25(31)28(3)4/h6-12,21,23H,13-16H2,1-5H3,(H,27,30). The minimum atomic E-state index is -0.125. The summed E-state index contributed by atoms with van der Waals surface area (Å²) < 4.78 is 0. The van der Waals surface area contributed by atoms with Crippen LogP contribution < -0.4 is 5.32 Å². The quantitative estimate of drug-likeness (QED) is 0.794. The van der Waals surface area contributed by atoms with Gasteiger partial charge in [0.25, 0.3) is 11.8 Å². The molecule has 31 heavy (non-hydrogen) atoms. The fourth-order valence-electron chi connectivity index (χ4n) is 5.68. The number of nitrogens with one attached hydrogen (secondary N) is 1.